The molecule has 0 aromatic rings. The van der Waals surface area contributed by atoms with Gasteiger partial charge in [-0.05, 0) is 31.8 Å². The molecule has 0 saturated carbocycles. The fourth-order valence-electron chi connectivity index (χ4n) is 2.13. The van der Waals surface area contributed by atoms with Crippen molar-refractivity contribution in [1.82, 2.24) is 0 Å². The third-order valence-corrected chi connectivity index (χ3v) is 3.54. The van der Waals surface area contributed by atoms with Crippen molar-refractivity contribution in [3.05, 3.63) is 24.3 Å². The number of rotatable bonds is 14. The fourth-order valence-corrected chi connectivity index (χ4v) is 2.13. The number of carbonyl (C=O) groups is 2. The molecule has 0 amide bonds. The average Bonchev–Trinajstić information content (AvgIpc) is 2.52. The average molecular weight is 308 g/mol. The number of ketones is 1. The fraction of sp³-hybridized carbons (Fsp3) is 0.684. The molecule has 0 aromatic carbocycles. The van der Waals surface area contributed by atoms with E-state index >= 15 is 0 Å². The van der Waals surface area contributed by atoms with Crippen molar-refractivity contribution >= 4 is 11.8 Å². The summed E-state index contributed by atoms with van der Waals surface area (Å²) in [6.07, 6.45) is 18.5. The number of methoxy groups -OCH3 is 1. The lowest BCUT2D eigenvalue weighted by Gasteiger charge is -2.00. The van der Waals surface area contributed by atoms with Crippen molar-refractivity contribution in [1.29, 1.82) is 0 Å². The minimum Gasteiger partial charge on any atom is -0.469 e. The molecule has 22 heavy (non-hydrogen) atoms. The normalized spacial score (nSPS) is 11.4. The zero-order valence-corrected chi connectivity index (χ0v) is 14.3. The summed E-state index contributed by atoms with van der Waals surface area (Å²) in [5.74, 6) is 0.0656. The van der Waals surface area contributed by atoms with Crippen LogP contribution in [0.3, 0.4) is 0 Å². The molecular weight excluding hydrogens is 276 g/mol. The van der Waals surface area contributed by atoms with Crippen LogP contribution in [-0.2, 0) is 14.3 Å². The number of hydrogen-bond donors (Lipinski definition) is 0. The molecule has 0 fully saturated rings. The molecule has 0 heterocycles. The van der Waals surface area contributed by atoms with E-state index in [-0.39, 0.29) is 11.8 Å². The third kappa shape index (κ3) is 15.0. The molecule has 3 nitrogen and oxygen atoms in total. The molecule has 0 bridgehead atoms. The summed E-state index contributed by atoms with van der Waals surface area (Å²) in [4.78, 5) is 22.5. The topological polar surface area (TPSA) is 43.4 Å². The van der Waals surface area contributed by atoms with Gasteiger partial charge in [0.1, 0.15) is 0 Å². The molecule has 0 spiro atoms. The Morgan fingerprint density at radius 3 is 2.23 bits per heavy atom. The maximum Gasteiger partial charge on any atom is 0.305 e. The number of allylic oxidation sites excluding steroid dienone is 4. The molecule has 0 aliphatic carbocycles. The number of hydrogen-bond acceptors (Lipinski definition) is 3. The maximum absolute atomic E-state index is 11.6. The first kappa shape index (κ1) is 20.6. The van der Waals surface area contributed by atoms with Gasteiger partial charge in [-0.25, -0.2) is 0 Å². The van der Waals surface area contributed by atoms with Crippen LogP contribution in [0.2, 0.25) is 0 Å². The van der Waals surface area contributed by atoms with Gasteiger partial charge in [0.15, 0.2) is 5.78 Å². The molecule has 0 aromatic heterocycles. The van der Waals surface area contributed by atoms with Gasteiger partial charge in [0.25, 0.3) is 0 Å². The standard InChI is InChI=1S/C19H32O3/c1-3-4-5-6-7-9-12-15-18(20)16-13-10-8-11-14-17-19(21)22-2/h7,9,12,15H,3-6,8,10-11,13-14,16-17H2,1-2H3/b9-7+,15-12-. The molecule has 0 aliphatic heterocycles. The van der Waals surface area contributed by atoms with Gasteiger partial charge in [-0.15, -0.1) is 0 Å². The molecule has 0 radical (unpaired) electrons. The van der Waals surface area contributed by atoms with Crippen molar-refractivity contribution < 1.29 is 14.3 Å². The van der Waals surface area contributed by atoms with Crippen molar-refractivity contribution in [3.63, 3.8) is 0 Å². The van der Waals surface area contributed by atoms with Gasteiger partial charge in [-0.3, -0.25) is 9.59 Å². The summed E-state index contributed by atoms with van der Waals surface area (Å²) < 4.78 is 4.59. The zero-order valence-electron chi connectivity index (χ0n) is 14.3. The monoisotopic (exact) mass is 308 g/mol. The Hall–Kier alpha value is -1.38. The first-order valence-corrected chi connectivity index (χ1v) is 8.63. The minimum absolute atomic E-state index is 0.136. The Labute approximate surface area is 135 Å². The van der Waals surface area contributed by atoms with E-state index in [0.717, 1.165) is 38.5 Å². The van der Waals surface area contributed by atoms with Crippen LogP contribution in [0.25, 0.3) is 0 Å². The predicted molar refractivity (Wildman–Crippen MR) is 91.8 cm³/mol. The highest BCUT2D eigenvalue weighted by atomic mass is 16.5. The SMILES string of the molecule is CCCCC/C=C/C=C\C(=O)CCCCCCCC(=O)OC. The van der Waals surface area contributed by atoms with E-state index in [4.69, 9.17) is 0 Å². The minimum atomic E-state index is -0.136. The maximum atomic E-state index is 11.6. The number of esters is 1. The van der Waals surface area contributed by atoms with E-state index in [9.17, 15) is 9.59 Å². The Morgan fingerprint density at radius 1 is 0.864 bits per heavy atom. The van der Waals surface area contributed by atoms with E-state index in [1.165, 1.54) is 26.4 Å². The van der Waals surface area contributed by atoms with Crippen LogP contribution < -0.4 is 0 Å². The third-order valence-electron chi connectivity index (χ3n) is 3.54. The quantitative estimate of drug-likeness (QED) is 0.193. The van der Waals surface area contributed by atoms with Crippen molar-refractivity contribution in [3.8, 4) is 0 Å². The van der Waals surface area contributed by atoms with E-state index < -0.39 is 0 Å². The van der Waals surface area contributed by atoms with Gasteiger partial charge in [0.2, 0.25) is 0 Å². The first-order valence-electron chi connectivity index (χ1n) is 8.63. The highest BCUT2D eigenvalue weighted by Gasteiger charge is 2.00. The smallest absolute Gasteiger partial charge is 0.305 e. The Balaban J connectivity index is 3.43. The molecule has 0 unspecified atom stereocenters. The number of unbranched alkanes of at least 4 members (excludes halogenated alkanes) is 7. The lowest BCUT2D eigenvalue weighted by molar-refractivity contribution is -0.140. The Bertz CT molecular complexity index is 343. The second-order valence-electron chi connectivity index (χ2n) is 5.59. The van der Waals surface area contributed by atoms with Gasteiger partial charge >= 0.3 is 5.97 Å². The molecule has 0 aliphatic rings. The van der Waals surface area contributed by atoms with Crippen LogP contribution in [0.5, 0.6) is 0 Å². The van der Waals surface area contributed by atoms with Crippen molar-refractivity contribution in [2.75, 3.05) is 7.11 Å². The first-order chi connectivity index (χ1) is 10.7. The van der Waals surface area contributed by atoms with Crippen molar-refractivity contribution in [2.45, 2.75) is 77.6 Å². The van der Waals surface area contributed by atoms with Gasteiger partial charge < -0.3 is 4.74 Å². The molecule has 3 heteroatoms. The summed E-state index contributed by atoms with van der Waals surface area (Å²) in [6, 6.07) is 0. The van der Waals surface area contributed by atoms with Gasteiger partial charge in [-0.2, -0.15) is 0 Å². The van der Waals surface area contributed by atoms with Gasteiger partial charge in [0.05, 0.1) is 7.11 Å². The van der Waals surface area contributed by atoms with Gasteiger partial charge in [0, 0.05) is 12.8 Å². The van der Waals surface area contributed by atoms with E-state index in [2.05, 4.69) is 17.7 Å². The molecule has 0 rings (SSSR count). The zero-order chi connectivity index (χ0) is 16.5. The molecular formula is C19H32O3. The predicted octanol–water partition coefficient (Wildman–Crippen LogP) is 5.15. The summed E-state index contributed by atoms with van der Waals surface area (Å²) in [6.45, 7) is 2.20. The Kier molecular flexibility index (Phi) is 15.0. The van der Waals surface area contributed by atoms with Crippen LogP contribution in [-0.4, -0.2) is 18.9 Å². The Morgan fingerprint density at radius 2 is 1.55 bits per heavy atom. The highest BCUT2D eigenvalue weighted by molar-refractivity contribution is 5.89. The number of ether oxygens (including phenoxy) is 1. The summed E-state index contributed by atoms with van der Waals surface area (Å²) >= 11 is 0. The van der Waals surface area contributed by atoms with Crippen molar-refractivity contribution in [2.24, 2.45) is 0 Å². The van der Waals surface area contributed by atoms with Crippen LogP contribution in [0.15, 0.2) is 24.3 Å². The van der Waals surface area contributed by atoms with Crippen LogP contribution in [0.4, 0.5) is 0 Å². The van der Waals surface area contributed by atoms with Gasteiger partial charge in [-0.1, -0.05) is 57.3 Å². The molecule has 0 N–H and O–H groups in total. The summed E-state index contributed by atoms with van der Waals surface area (Å²) in [7, 11) is 1.42. The van der Waals surface area contributed by atoms with E-state index in [1.807, 2.05) is 12.2 Å². The van der Waals surface area contributed by atoms with Crippen LogP contribution >= 0.6 is 0 Å². The molecule has 0 saturated heterocycles. The molecule has 126 valence electrons. The summed E-state index contributed by atoms with van der Waals surface area (Å²) in [5.41, 5.74) is 0. The van der Waals surface area contributed by atoms with E-state index in [1.54, 1.807) is 6.08 Å². The number of carbonyl (C=O) groups excluding carboxylic acids is 2. The lowest BCUT2D eigenvalue weighted by Crippen LogP contribution is -1.99. The summed E-state index contributed by atoms with van der Waals surface area (Å²) in [5, 5.41) is 0. The second-order valence-corrected chi connectivity index (χ2v) is 5.59. The second kappa shape index (κ2) is 16.0. The highest BCUT2D eigenvalue weighted by Crippen LogP contribution is 2.08. The van der Waals surface area contributed by atoms with Crippen LogP contribution in [0.1, 0.15) is 77.6 Å². The van der Waals surface area contributed by atoms with E-state index in [0.29, 0.717) is 12.8 Å². The lowest BCUT2D eigenvalue weighted by atomic mass is 10.1. The van der Waals surface area contributed by atoms with Crippen LogP contribution in [0, 0.1) is 0 Å². The largest absolute Gasteiger partial charge is 0.469 e. The molecule has 0 atom stereocenters.